The molecule has 0 aliphatic carbocycles. The molecule has 0 atom stereocenters. The van der Waals surface area contributed by atoms with Gasteiger partial charge < -0.3 is 14.6 Å². The number of nitrogens with zero attached hydrogens (tertiary/aromatic N) is 1. The summed E-state index contributed by atoms with van der Waals surface area (Å²) in [7, 11) is 0. The van der Waals surface area contributed by atoms with Crippen LogP contribution in [0.15, 0.2) is 59.0 Å². The lowest BCUT2D eigenvalue weighted by atomic mass is 10.2. The lowest BCUT2D eigenvalue weighted by molar-refractivity contribution is 0.0997. The van der Waals surface area contributed by atoms with Gasteiger partial charge in [0.05, 0.1) is 16.4 Å². The van der Waals surface area contributed by atoms with Gasteiger partial charge in [-0.3, -0.25) is 4.79 Å². The van der Waals surface area contributed by atoms with Crippen LogP contribution in [0.3, 0.4) is 0 Å². The fourth-order valence-corrected chi connectivity index (χ4v) is 3.79. The molecule has 0 radical (unpaired) electrons. The molecule has 0 spiro atoms. The zero-order chi connectivity index (χ0) is 18.8. The van der Waals surface area contributed by atoms with E-state index < -0.39 is 0 Å². The Balaban J connectivity index is 1.56. The molecule has 1 aliphatic heterocycles. The molecule has 1 saturated heterocycles. The number of hydrogen-bond acceptors (Lipinski definition) is 3. The van der Waals surface area contributed by atoms with Crippen LogP contribution < -0.4 is 10.2 Å². The quantitative estimate of drug-likeness (QED) is 0.574. The molecule has 0 unspecified atom stereocenters. The molecule has 1 N–H and O–H groups in total. The van der Waals surface area contributed by atoms with E-state index in [9.17, 15) is 4.79 Å². The number of rotatable bonds is 4. The Kier molecular flexibility index (Phi) is 5.10. The number of anilines is 2. The van der Waals surface area contributed by atoms with Crippen LogP contribution >= 0.6 is 23.2 Å². The van der Waals surface area contributed by atoms with Crippen molar-refractivity contribution < 1.29 is 9.21 Å². The minimum Gasteiger partial charge on any atom is -0.451 e. The van der Waals surface area contributed by atoms with Crippen molar-refractivity contribution in [1.82, 2.24) is 0 Å². The van der Waals surface area contributed by atoms with Crippen molar-refractivity contribution >= 4 is 40.5 Å². The van der Waals surface area contributed by atoms with Crippen molar-refractivity contribution in [3.63, 3.8) is 0 Å². The van der Waals surface area contributed by atoms with Gasteiger partial charge >= 0.3 is 0 Å². The molecule has 1 aromatic heterocycles. The summed E-state index contributed by atoms with van der Waals surface area (Å²) in [5, 5.41) is 3.99. The average molecular weight is 401 g/mol. The molecule has 4 rings (SSSR count). The SMILES string of the molecule is O=C(Nc1ccccc1N1CCCC1)c1ccc(-c2ccc(Cl)cc2Cl)o1. The van der Waals surface area contributed by atoms with Crippen LogP contribution in [0.4, 0.5) is 11.4 Å². The highest BCUT2D eigenvalue weighted by atomic mass is 35.5. The maximum absolute atomic E-state index is 12.7. The van der Waals surface area contributed by atoms with Gasteiger partial charge in [-0.2, -0.15) is 0 Å². The van der Waals surface area contributed by atoms with E-state index >= 15 is 0 Å². The van der Waals surface area contributed by atoms with Crippen LogP contribution in [-0.2, 0) is 0 Å². The molecule has 3 aromatic rings. The number of carbonyl (C=O) groups excluding carboxylic acids is 1. The second-order valence-electron chi connectivity index (χ2n) is 6.45. The van der Waals surface area contributed by atoms with Crippen LogP contribution in [0.1, 0.15) is 23.4 Å². The van der Waals surface area contributed by atoms with Gasteiger partial charge in [0.15, 0.2) is 5.76 Å². The van der Waals surface area contributed by atoms with Crippen LogP contribution in [0, 0.1) is 0 Å². The number of benzene rings is 2. The highest BCUT2D eigenvalue weighted by molar-refractivity contribution is 6.36. The molecule has 1 fully saturated rings. The largest absolute Gasteiger partial charge is 0.451 e. The summed E-state index contributed by atoms with van der Waals surface area (Å²) in [5.41, 5.74) is 2.51. The molecule has 6 heteroatoms. The lowest BCUT2D eigenvalue weighted by Crippen LogP contribution is -2.20. The fraction of sp³-hybridized carbons (Fsp3) is 0.190. The van der Waals surface area contributed by atoms with Crippen LogP contribution in [-0.4, -0.2) is 19.0 Å². The maximum Gasteiger partial charge on any atom is 0.291 e. The zero-order valence-electron chi connectivity index (χ0n) is 14.5. The molecule has 1 amide bonds. The summed E-state index contributed by atoms with van der Waals surface area (Å²) < 4.78 is 5.74. The number of amides is 1. The third-order valence-corrected chi connectivity index (χ3v) is 5.17. The molecular formula is C21H18Cl2N2O2. The van der Waals surface area contributed by atoms with Gasteiger partial charge in [-0.1, -0.05) is 35.3 Å². The summed E-state index contributed by atoms with van der Waals surface area (Å²) >= 11 is 12.2. The summed E-state index contributed by atoms with van der Waals surface area (Å²) in [6, 6.07) is 16.4. The Labute approximate surface area is 167 Å². The van der Waals surface area contributed by atoms with E-state index in [1.807, 2.05) is 24.3 Å². The predicted molar refractivity (Wildman–Crippen MR) is 110 cm³/mol. The molecule has 4 nitrogen and oxygen atoms in total. The number of para-hydroxylation sites is 2. The van der Waals surface area contributed by atoms with Gasteiger partial charge in [-0.05, 0) is 55.3 Å². The minimum atomic E-state index is -0.294. The van der Waals surface area contributed by atoms with Gasteiger partial charge in [0.2, 0.25) is 0 Å². The molecule has 0 bridgehead atoms. The minimum absolute atomic E-state index is 0.229. The van der Waals surface area contributed by atoms with Gasteiger partial charge in [0.25, 0.3) is 5.91 Å². The van der Waals surface area contributed by atoms with E-state index in [1.165, 1.54) is 12.8 Å². The third kappa shape index (κ3) is 3.82. The highest BCUT2D eigenvalue weighted by Gasteiger charge is 2.19. The van der Waals surface area contributed by atoms with E-state index in [0.717, 1.165) is 24.5 Å². The summed E-state index contributed by atoms with van der Waals surface area (Å²) in [6.07, 6.45) is 2.34. The first-order valence-corrected chi connectivity index (χ1v) is 9.58. The first-order chi connectivity index (χ1) is 13.1. The Hall–Kier alpha value is -2.43. The zero-order valence-corrected chi connectivity index (χ0v) is 16.1. The Morgan fingerprint density at radius 1 is 1.00 bits per heavy atom. The van der Waals surface area contributed by atoms with E-state index in [2.05, 4.69) is 10.2 Å². The third-order valence-electron chi connectivity index (χ3n) is 4.63. The number of halogens is 2. The van der Waals surface area contributed by atoms with Crippen LogP contribution in [0.5, 0.6) is 0 Å². The molecule has 27 heavy (non-hydrogen) atoms. The number of carbonyl (C=O) groups is 1. The van der Waals surface area contributed by atoms with Crippen molar-refractivity contribution in [3.8, 4) is 11.3 Å². The van der Waals surface area contributed by atoms with E-state index in [-0.39, 0.29) is 11.7 Å². The lowest BCUT2D eigenvalue weighted by Gasteiger charge is -2.21. The predicted octanol–water partition coefficient (Wildman–Crippen LogP) is 6.11. The van der Waals surface area contributed by atoms with E-state index in [1.54, 1.807) is 30.3 Å². The fourth-order valence-electron chi connectivity index (χ4n) is 3.29. The van der Waals surface area contributed by atoms with E-state index in [0.29, 0.717) is 21.4 Å². The molecule has 2 heterocycles. The second kappa shape index (κ2) is 7.67. The smallest absolute Gasteiger partial charge is 0.291 e. The van der Waals surface area contributed by atoms with Crippen molar-refractivity contribution in [2.75, 3.05) is 23.3 Å². The topological polar surface area (TPSA) is 45.5 Å². The second-order valence-corrected chi connectivity index (χ2v) is 7.30. The van der Waals surface area contributed by atoms with Crippen LogP contribution in [0.25, 0.3) is 11.3 Å². The van der Waals surface area contributed by atoms with Crippen molar-refractivity contribution in [1.29, 1.82) is 0 Å². The Bertz CT molecular complexity index is 978. The number of nitrogens with one attached hydrogen (secondary N) is 1. The van der Waals surface area contributed by atoms with Gasteiger partial charge in [0.1, 0.15) is 5.76 Å². The summed E-state index contributed by atoms with van der Waals surface area (Å²) in [4.78, 5) is 15.0. The number of hydrogen-bond donors (Lipinski definition) is 1. The normalized spacial score (nSPS) is 13.8. The van der Waals surface area contributed by atoms with Gasteiger partial charge in [0, 0.05) is 23.7 Å². The summed E-state index contributed by atoms with van der Waals surface area (Å²) in [6.45, 7) is 2.01. The summed E-state index contributed by atoms with van der Waals surface area (Å²) in [5.74, 6) is 0.458. The van der Waals surface area contributed by atoms with Crippen molar-refractivity contribution in [2.45, 2.75) is 12.8 Å². The Morgan fingerprint density at radius 2 is 1.78 bits per heavy atom. The van der Waals surface area contributed by atoms with Crippen molar-refractivity contribution in [3.05, 3.63) is 70.4 Å². The first kappa shape index (κ1) is 18.0. The molecule has 138 valence electrons. The average Bonchev–Trinajstić information content (AvgIpc) is 3.34. The Morgan fingerprint density at radius 3 is 2.56 bits per heavy atom. The van der Waals surface area contributed by atoms with E-state index in [4.69, 9.17) is 27.6 Å². The molecule has 2 aromatic carbocycles. The van der Waals surface area contributed by atoms with Gasteiger partial charge in [-0.15, -0.1) is 0 Å². The standard InChI is InChI=1S/C21H18Cl2N2O2/c22-14-7-8-15(16(23)13-14)19-9-10-20(27-19)21(26)24-17-5-1-2-6-18(17)25-11-3-4-12-25/h1-2,5-10,13H,3-4,11-12H2,(H,24,26). The number of furan rings is 1. The van der Waals surface area contributed by atoms with Gasteiger partial charge in [-0.25, -0.2) is 0 Å². The maximum atomic E-state index is 12.7. The molecule has 0 saturated carbocycles. The van der Waals surface area contributed by atoms with Crippen LogP contribution in [0.2, 0.25) is 10.0 Å². The highest BCUT2D eigenvalue weighted by Crippen LogP contribution is 2.32. The molecular weight excluding hydrogens is 383 g/mol. The van der Waals surface area contributed by atoms with Crippen molar-refractivity contribution in [2.24, 2.45) is 0 Å². The molecule has 1 aliphatic rings. The first-order valence-electron chi connectivity index (χ1n) is 8.82. The monoisotopic (exact) mass is 400 g/mol.